The van der Waals surface area contributed by atoms with E-state index in [4.69, 9.17) is 13.5 Å². The molecule has 0 aliphatic carbocycles. The van der Waals surface area contributed by atoms with Crippen LogP contribution < -0.4 is 0 Å². The summed E-state index contributed by atoms with van der Waals surface area (Å²) in [6.45, 7) is 6.87. The summed E-state index contributed by atoms with van der Waals surface area (Å²) >= 11 is 0.750. The third kappa shape index (κ3) is 36.2. The molecule has 0 aromatic carbocycles. The van der Waals surface area contributed by atoms with Crippen molar-refractivity contribution in [2.45, 2.75) is 117 Å². The van der Waals surface area contributed by atoms with Crippen LogP contribution in [0.15, 0.2) is 12.2 Å². The molecular weight excluding hydrogens is 392 g/mol. The quantitative estimate of drug-likeness (QED) is 0.148. The molecule has 6 heteroatoms. The van der Waals surface area contributed by atoms with Crippen LogP contribution in [0.4, 0.5) is 0 Å². The van der Waals surface area contributed by atoms with Crippen molar-refractivity contribution in [2.75, 3.05) is 0 Å². The molecule has 0 atom stereocenters. The molecule has 0 heterocycles. The van der Waals surface area contributed by atoms with Gasteiger partial charge in [-0.1, -0.05) is 103 Å². The molecular formula is C22H42O5Ti. The second-order valence-corrected chi connectivity index (χ2v) is 7.18. The molecule has 164 valence electrons. The SMILES string of the molecule is C=C(C)C(=O)O.CCCCCCCCCCCCCCCCCC(=O)O.[O]=[Ti]. The Labute approximate surface area is 184 Å². The molecule has 0 amide bonds. The second kappa shape index (κ2) is 28.4. The van der Waals surface area contributed by atoms with Gasteiger partial charge in [-0.15, -0.1) is 0 Å². The maximum absolute atomic E-state index is 10.3. The van der Waals surface area contributed by atoms with Gasteiger partial charge < -0.3 is 10.2 Å². The van der Waals surface area contributed by atoms with E-state index in [-0.39, 0.29) is 5.57 Å². The average molecular weight is 434 g/mol. The van der Waals surface area contributed by atoms with Crippen LogP contribution in [-0.4, -0.2) is 22.2 Å². The van der Waals surface area contributed by atoms with Gasteiger partial charge in [0.1, 0.15) is 0 Å². The number of unbranched alkanes of at least 4 members (excludes halogenated alkanes) is 14. The van der Waals surface area contributed by atoms with Crippen molar-refractivity contribution in [1.82, 2.24) is 0 Å². The molecule has 0 aromatic heterocycles. The van der Waals surface area contributed by atoms with E-state index < -0.39 is 11.9 Å². The van der Waals surface area contributed by atoms with E-state index in [2.05, 4.69) is 13.5 Å². The summed E-state index contributed by atoms with van der Waals surface area (Å²) in [4.78, 5) is 19.9. The molecule has 0 unspecified atom stereocenters. The molecule has 0 spiro atoms. The van der Waals surface area contributed by atoms with Gasteiger partial charge in [0.15, 0.2) is 0 Å². The predicted octanol–water partition coefficient (Wildman–Crippen LogP) is 6.86. The first-order chi connectivity index (χ1) is 13.4. The van der Waals surface area contributed by atoms with Crippen LogP contribution in [0.3, 0.4) is 0 Å². The summed E-state index contributed by atoms with van der Waals surface area (Å²) in [7, 11) is 0. The van der Waals surface area contributed by atoms with Gasteiger partial charge in [0.25, 0.3) is 0 Å². The van der Waals surface area contributed by atoms with Crippen LogP contribution in [0.2, 0.25) is 0 Å². The van der Waals surface area contributed by atoms with Crippen molar-refractivity contribution < 1.29 is 43.5 Å². The van der Waals surface area contributed by atoms with E-state index in [1.165, 1.54) is 90.4 Å². The number of carboxylic acid groups (broad SMARTS) is 2. The zero-order valence-electron chi connectivity index (χ0n) is 18.1. The summed E-state index contributed by atoms with van der Waals surface area (Å²) in [5.74, 6) is -1.59. The molecule has 2 N–H and O–H groups in total. The monoisotopic (exact) mass is 434 g/mol. The zero-order chi connectivity index (χ0) is 22.0. The van der Waals surface area contributed by atoms with Crippen LogP contribution in [-0.2, 0) is 33.3 Å². The van der Waals surface area contributed by atoms with E-state index in [9.17, 15) is 9.59 Å². The van der Waals surface area contributed by atoms with Crippen molar-refractivity contribution in [1.29, 1.82) is 0 Å². The number of rotatable bonds is 17. The Balaban J connectivity index is -0.000000660. The Morgan fingerprint density at radius 3 is 1.14 bits per heavy atom. The van der Waals surface area contributed by atoms with Gasteiger partial charge in [0, 0.05) is 12.0 Å². The topological polar surface area (TPSA) is 91.7 Å². The van der Waals surface area contributed by atoms with Gasteiger partial charge in [-0.3, -0.25) is 4.79 Å². The van der Waals surface area contributed by atoms with Crippen LogP contribution in [0.5, 0.6) is 0 Å². The van der Waals surface area contributed by atoms with Crippen LogP contribution in [0.1, 0.15) is 117 Å². The molecule has 0 aliphatic rings. The van der Waals surface area contributed by atoms with Crippen molar-refractivity contribution in [2.24, 2.45) is 0 Å². The number of hydrogen-bond acceptors (Lipinski definition) is 3. The molecule has 0 aliphatic heterocycles. The molecule has 5 nitrogen and oxygen atoms in total. The molecule has 0 saturated heterocycles. The first kappa shape index (κ1) is 31.9. The fourth-order valence-electron chi connectivity index (χ4n) is 2.65. The molecule has 0 bridgehead atoms. The maximum atomic E-state index is 10.3. The number of hydrogen-bond donors (Lipinski definition) is 2. The zero-order valence-corrected chi connectivity index (χ0v) is 19.7. The van der Waals surface area contributed by atoms with E-state index >= 15 is 0 Å². The summed E-state index contributed by atoms with van der Waals surface area (Å²) in [6, 6.07) is 0. The summed E-state index contributed by atoms with van der Waals surface area (Å²) < 4.78 is 8.25. The standard InChI is InChI=1S/C18H36O2.C4H6O2.O.Ti/c1-2-3-4-5-6-7-8-9-10-11-12-13-14-15-16-17-18(19)20;1-3(2)4(5)6;;/h2-17H2,1H3,(H,19,20);1H2,2H3,(H,5,6);;. The normalized spacial score (nSPS) is 9.46. The molecule has 28 heavy (non-hydrogen) atoms. The summed E-state index contributed by atoms with van der Waals surface area (Å²) in [6.07, 6.45) is 20.2. The fraction of sp³-hybridized carbons (Fsp3) is 0.818. The molecule has 0 rings (SSSR count). The van der Waals surface area contributed by atoms with Crippen molar-refractivity contribution >= 4 is 11.9 Å². The van der Waals surface area contributed by atoms with Crippen molar-refractivity contribution in [3.05, 3.63) is 12.2 Å². The second-order valence-electron chi connectivity index (χ2n) is 7.18. The fourth-order valence-corrected chi connectivity index (χ4v) is 2.65. The number of aliphatic carboxylic acids is 2. The van der Waals surface area contributed by atoms with Gasteiger partial charge in [-0.2, -0.15) is 0 Å². The summed E-state index contributed by atoms with van der Waals surface area (Å²) in [5.41, 5.74) is 0.176. The van der Waals surface area contributed by atoms with Crippen LogP contribution in [0.25, 0.3) is 0 Å². The molecule has 0 saturated carbocycles. The van der Waals surface area contributed by atoms with Gasteiger partial charge in [0.05, 0.1) is 0 Å². The Morgan fingerprint density at radius 2 is 0.929 bits per heavy atom. The van der Waals surface area contributed by atoms with Gasteiger partial charge in [-0.05, 0) is 13.3 Å². The van der Waals surface area contributed by atoms with Crippen molar-refractivity contribution in [3.8, 4) is 0 Å². The molecule has 0 fully saturated rings. The Kier molecular flexibility index (Phi) is 32.3. The molecule has 0 radical (unpaired) electrons. The van der Waals surface area contributed by atoms with Crippen LogP contribution in [0, 0.1) is 0 Å². The van der Waals surface area contributed by atoms with Crippen LogP contribution >= 0.6 is 0 Å². The Bertz CT molecular complexity index is 360. The van der Waals surface area contributed by atoms with E-state index in [1.807, 2.05) is 0 Å². The number of carbonyl (C=O) groups is 2. The predicted molar refractivity (Wildman–Crippen MR) is 110 cm³/mol. The van der Waals surface area contributed by atoms with E-state index in [0.717, 1.165) is 33.2 Å². The third-order valence-corrected chi connectivity index (χ3v) is 4.36. The van der Waals surface area contributed by atoms with Crippen molar-refractivity contribution in [3.63, 3.8) is 0 Å². The van der Waals surface area contributed by atoms with E-state index in [0.29, 0.717) is 6.42 Å². The first-order valence-electron chi connectivity index (χ1n) is 10.7. The minimum absolute atomic E-state index is 0.176. The Morgan fingerprint density at radius 1 is 0.679 bits per heavy atom. The minimum atomic E-state index is -0.935. The van der Waals surface area contributed by atoms with Gasteiger partial charge in [0.2, 0.25) is 0 Å². The number of carboxylic acids is 2. The third-order valence-electron chi connectivity index (χ3n) is 4.36. The summed E-state index contributed by atoms with van der Waals surface area (Å²) in [5, 5.41) is 16.4. The average Bonchev–Trinajstić information content (AvgIpc) is 2.66. The molecule has 0 aromatic rings. The Hall–Kier alpha value is -0.806. The van der Waals surface area contributed by atoms with Gasteiger partial charge >= 0.3 is 35.7 Å². The first-order valence-corrected chi connectivity index (χ1v) is 11.4. The van der Waals surface area contributed by atoms with E-state index in [1.54, 1.807) is 0 Å². The van der Waals surface area contributed by atoms with Gasteiger partial charge in [-0.25, -0.2) is 4.79 Å².